The van der Waals surface area contributed by atoms with E-state index in [4.69, 9.17) is 9.84 Å². The van der Waals surface area contributed by atoms with Crippen LogP contribution in [0.4, 0.5) is 8.78 Å². The number of hydrogen-bond donors (Lipinski definition) is 1. The first-order valence-electron chi connectivity index (χ1n) is 8.92. The lowest BCUT2D eigenvalue weighted by atomic mass is 9.86. The van der Waals surface area contributed by atoms with Gasteiger partial charge in [-0.1, -0.05) is 30.3 Å². The predicted molar refractivity (Wildman–Crippen MR) is 92.9 cm³/mol. The molecule has 146 valence electrons. The lowest BCUT2D eigenvalue weighted by Crippen LogP contribution is -2.21. The molecule has 0 radical (unpaired) electrons. The second-order valence-corrected chi connectivity index (χ2v) is 6.69. The van der Waals surface area contributed by atoms with Gasteiger partial charge < -0.3 is 14.6 Å². The van der Waals surface area contributed by atoms with E-state index in [1.54, 1.807) is 0 Å². The molecule has 0 bridgehead atoms. The molecular weight excluding hydrogens is 358 g/mol. The minimum absolute atomic E-state index is 0.0245. The maximum Gasteiger partial charge on any atom is 0.388 e. The number of carbonyl (C=O) groups is 1. The molecule has 2 aromatic rings. The molecule has 1 aliphatic rings. The monoisotopic (exact) mass is 380 g/mol. The molecule has 6 nitrogen and oxygen atoms in total. The van der Waals surface area contributed by atoms with Gasteiger partial charge in [0.2, 0.25) is 0 Å². The van der Waals surface area contributed by atoms with Crippen LogP contribution in [-0.2, 0) is 11.3 Å². The van der Waals surface area contributed by atoms with Gasteiger partial charge in [-0.2, -0.15) is 8.78 Å². The smallest absolute Gasteiger partial charge is 0.388 e. The molecule has 1 heterocycles. The van der Waals surface area contributed by atoms with Crippen LogP contribution >= 0.6 is 0 Å². The van der Waals surface area contributed by atoms with Crippen molar-refractivity contribution < 1.29 is 28.2 Å². The van der Waals surface area contributed by atoms with Gasteiger partial charge in [-0.15, -0.1) is 5.10 Å². The second-order valence-electron chi connectivity index (χ2n) is 6.69. The Bertz CT molecular complexity index is 743. The summed E-state index contributed by atoms with van der Waals surface area (Å²) >= 11 is 0. The summed E-state index contributed by atoms with van der Waals surface area (Å²) in [5.74, 6) is -1.44. The molecule has 0 saturated heterocycles. The lowest BCUT2D eigenvalue weighted by Gasteiger charge is -2.28. The van der Waals surface area contributed by atoms with Crippen LogP contribution in [0, 0.1) is 5.92 Å². The first-order chi connectivity index (χ1) is 13.0. The highest BCUT2D eigenvalue weighted by molar-refractivity contribution is 5.89. The van der Waals surface area contributed by atoms with Gasteiger partial charge in [0.15, 0.2) is 0 Å². The Morgan fingerprint density at radius 1 is 1.22 bits per heavy atom. The topological polar surface area (TPSA) is 73.6 Å². The van der Waals surface area contributed by atoms with Crippen molar-refractivity contribution in [2.75, 3.05) is 6.61 Å². The van der Waals surface area contributed by atoms with Crippen LogP contribution in [0.1, 0.15) is 47.6 Å². The normalized spacial score (nSPS) is 20.0. The number of carboxylic acids is 1. The Morgan fingerprint density at radius 2 is 1.93 bits per heavy atom. The molecule has 1 N–H and O–H groups in total. The number of halogens is 2. The van der Waals surface area contributed by atoms with Crippen LogP contribution in [0.25, 0.3) is 0 Å². The Hall–Kier alpha value is -2.48. The first kappa shape index (κ1) is 19.3. The van der Waals surface area contributed by atoms with E-state index in [2.05, 4.69) is 9.84 Å². The van der Waals surface area contributed by atoms with Crippen molar-refractivity contribution in [3.63, 3.8) is 0 Å². The SMILES string of the molecule is O=C(O)c1cn([C@H]2CC[C@H](COCc3ccccc3)CC2)nc1OC(F)F. The van der Waals surface area contributed by atoms with Crippen LogP contribution < -0.4 is 4.74 Å². The summed E-state index contributed by atoms with van der Waals surface area (Å²) in [6.45, 7) is -1.86. The number of aromatic carboxylic acids is 1. The van der Waals surface area contributed by atoms with Crippen LogP contribution in [0.5, 0.6) is 5.88 Å². The lowest BCUT2D eigenvalue weighted by molar-refractivity contribution is -0.0538. The van der Waals surface area contributed by atoms with Crippen molar-refractivity contribution in [1.82, 2.24) is 9.78 Å². The predicted octanol–water partition coefficient (Wildman–Crippen LogP) is 4.13. The van der Waals surface area contributed by atoms with Crippen molar-refractivity contribution in [3.8, 4) is 5.88 Å². The molecule has 0 atom stereocenters. The summed E-state index contributed by atoms with van der Waals surface area (Å²) in [5, 5.41) is 13.1. The Labute approximate surface area is 155 Å². The number of aromatic nitrogens is 2. The highest BCUT2D eigenvalue weighted by Gasteiger charge is 2.27. The summed E-state index contributed by atoms with van der Waals surface area (Å²) in [5.41, 5.74) is 0.791. The molecule has 1 saturated carbocycles. The van der Waals surface area contributed by atoms with Gasteiger partial charge in [-0.25, -0.2) is 4.79 Å². The van der Waals surface area contributed by atoms with Crippen molar-refractivity contribution in [2.45, 2.75) is 44.9 Å². The highest BCUT2D eigenvalue weighted by Crippen LogP contribution is 2.33. The maximum absolute atomic E-state index is 12.4. The number of hydrogen-bond acceptors (Lipinski definition) is 4. The van der Waals surface area contributed by atoms with Gasteiger partial charge >= 0.3 is 12.6 Å². The molecular formula is C19H22F2N2O4. The molecule has 0 unspecified atom stereocenters. The van der Waals surface area contributed by atoms with Gasteiger partial charge in [0, 0.05) is 12.8 Å². The molecule has 0 aliphatic heterocycles. The Balaban J connectivity index is 1.50. The standard InChI is InChI=1S/C19H22F2N2O4/c20-19(21)27-17-16(18(24)25)10-23(22-17)15-8-6-14(7-9-15)12-26-11-13-4-2-1-3-5-13/h1-5,10,14-15,19H,6-9,11-12H2,(H,24,25)/t14-,15-. The van der Waals surface area contributed by atoms with Crippen molar-refractivity contribution in [3.05, 3.63) is 47.7 Å². The average molecular weight is 380 g/mol. The van der Waals surface area contributed by atoms with Gasteiger partial charge in [-0.05, 0) is 37.2 Å². The van der Waals surface area contributed by atoms with E-state index in [9.17, 15) is 13.6 Å². The third-order valence-corrected chi connectivity index (χ3v) is 4.78. The van der Waals surface area contributed by atoms with Crippen molar-refractivity contribution in [2.24, 2.45) is 5.92 Å². The molecule has 1 aliphatic carbocycles. The van der Waals surface area contributed by atoms with Gasteiger partial charge in [0.05, 0.1) is 12.6 Å². The summed E-state index contributed by atoms with van der Waals surface area (Å²) in [4.78, 5) is 11.2. The average Bonchev–Trinajstić information content (AvgIpc) is 3.06. The minimum Gasteiger partial charge on any atom is -0.477 e. The number of ether oxygens (including phenoxy) is 2. The molecule has 0 spiro atoms. The molecule has 1 aromatic carbocycles. The van der Waals surface area contributed by atoms with Crippen LogP contribution in [0.15, 0.2) is 36.5 Å². The molecule has 8 heteroatoms. The number of rotatable bonds is 8. The zero-order valence-electron chi connectivity index (χ0n) is 14.8. The van der Waals surface area contributed by atoms with E-state index in [1.807, 2.05) is 30.3 Å². The van der Waals surface area contributed by atoms with E-state index in [0.717, 1.165) is 31.2 Å². The number of alkyl halides is 2. The highest BCUT2D eigenvalue weighted by atomic mass is 19.3. The zero-order valence-corrected chi connectivity index (χ0v) is 14.8. The third kappa shape index (κ3) is 5.26. The summed E-state index contributed by atoms with van der Waals surface area (Å²) in [6, 6.07) is 9.94. The van der Waals surface area contributed by atoms with E-state index < -0.39 is 18.5 Å². The fraction of sp³-hybridized carbons (Fsp3) is 0.474. The maximum atomic E-state index is 12.4. The number of benzene rings is 1. The summed E-state index contributed by atoms with van der Waals surface area (Å²) < 4.78 is 36.3. The molecule has 0 amide bonds. The third-order valence-electron chi connectivity index (χ3n) is 4.78. The molecule has 1 aromatic heterocycles. The fourth-order valence-corrected chi connectivity index (χ4v) is 3.37. The number of nitrogens with zero attached hydrogens (tertiary/aromatic N) is 2. The fourth-order valence-electron chi connectivity index (χ4n) is 3.37. The first-order valence-corrected chi connectivity index (χ1v) is 8.92. The van der Waals surface area contributed by atoms with Gasteiger partial charge in [0.25, 0.3) is 5.88 Å². The number of carboxylic acid groups (broad SMARTS) is 1. The van der Waals surface area contributed by atoms with Gasteiger partial charge in [-0.3, -0.25) is 4.68 Å². The zero-order chi connectivity index (χ0) is 19.2. The van der Waals surface area contributed by atoms with Crippen LogP contribution in [-0.4, -0.2) is 34.1 Å². The summed E-state index contributed by atoms with van der Waals surface area (Å²) in [7, 11) is 0. The largest absolute Gasteiger partial charge is 0.477 e. The quantitative estimate of drug-likeness (QED) is 0.745. The summed E-state index contributed by atoms with van der Waals surface area (Å²) in [6.07, 6.45) is 4.67. The second kappa shape index (κ2) is 8.94. The van der Waals surface area contributed by atoms with Crippen molar-refractivity contribution >= 4 is 5.97 Å². The van der Waals surface area contributed by atoms with E-state index in [1.165, 1.54) is 10.9 Å². The Kier molecular flexibility index (Phi) is 6.39. The van der Waals surface area contributed by atoms with Crippen LogP contribution in [0.2, 0.25) is 0 Å². The van der Waals surface area contributed by atoms with Crippen LogP contribution in [0.3, 0.4) is 0 Å². The molecule has 3 rings (SSSR count). The van der Waals surface area contributed by atoms with Gasteiger partial charge in [0.1, 0.15) is 5.56 Å². The van der Waals surface area contributed by atoms with E-state index in [0.29, 0.717) is 19.1 Å². The Morgan fingerprint density at radius 3 is 2.56 bits per heavy atom. The van der Waals surface area contributed by atoms with E-state index >= 15 is 0 Å². The molecule has 1 fully saturated rings. The minimum atomic E-state index is -3.11. The van der Waals surface area contributed by atoms with Crippen molar-refractivity contribution in [1.29, 1.82) is 0 Å². The van der Waals surface area contributed by atoms with E-state index in [-0.39, 0.29) is 11.6 Å². The molecule has 27 heavy (non-hydrogen) atoms.